The molecule has 3 rings (SSSR count). The number of aryl methyl sites for hydroxylation is 1. The lowest BCUT2D eigenvalue weighted by Crippen LogP contribution is -2.30. The molecule has 0 fully saturated rings. The van der Waals surface area contributed by atoms with Gasteiger partial charge in [0, 0.05) is 24.9 Å². The average molecular weight is 430 g/mol. The van der Waals surface area contributed by atoms with Crippen molar-refractivity contribution < 1.29 is 27.4 Å². The Kier molecular flexibility index (Phi) is 6.79. The van der Waals surface area contributed by atoms with Crippen LogP contribution in [0.5, 0.6) is 17.4 Å². The minimum Gasteiger partial charge on any atom is -0.492 e. The Labute approximate surface area is 178 Å². The van der Waals surface area contributed by atoms with Crippen LogP contribution >= 0.6 is 0 Å². The second-order valence-electron chi connectivity index (χ2n) is 6.90. The highest BCUT2D eigenvalue weighted by Gasteiger charge is 2.30. The molecule has 1 amide bonds. The lowest BCUT2D eigenvalue weighted by atomic mass is 10.2. The largest absolute Gasteiger partial charge is 0.492 e. The van der Waals surface area contributed by atoms with Crippen molar-refractivity contribution in [2.75, 3.05) is 20.2 Å². The van der Waals surface area contributed by atoms with Gasteiger partial charge in [-0.15, -0.1) is 0 Å². The van der Waals surface area contributed by atoms with Crippen molar-refractivity contribution in [1.82, 2.24) is 9.88 Å². The highest BCUT2D eigenvalue weighted by Crippen LogP contribution is 2.30. The lowest BCUT2D eigenvalue weighted by Gasteiger charge is -2.18. The van der Waals surface area contributed by atoms with Crippen LogP contribution < -0.4 is 9.47 Å². The Morgan fingerprint density at radius 3 is 2.19 bits per heavy atom. The van der Waals surface area contributed by atoms with Gasteiger partial charge in [-0.3, -0.25) is 4.79 Å². The summed E-state index contributed by atoms with van der Waals surface area (Å²) in [5.74, 6) is 0.933. The first kappa shape index (κ1) is 22.1. The number of amides is 1. The fraction of sp³-hybridized carbons (Fsp3) is 0.217. The van der Waals surface area contributed by atoms with Crippen LogP contribution in [0.15, 0.2) is 66.9 Å². The molecule has 5 nitrogen and oxygen atoms in total. The lowest BCUT2D eigenvalue weighted by molar-refractivity contribution is -0.137. The number of halogens is 3. The number of likely N-dealkylation sites (N-methyl/N-ethyl adjacent to an activating group) is 1. The zero-order valence-electron chi connectivity index (χ0n) is 17.0. The molecule has 162 valence electrons. The van der Waals surface area contributed by atoms with Gasteiger partial charge in [-0.25, -0.2) is 4.98 Å². The van der Waals surface area contributed by atoms with Gasteiger partial charge < -0.3 is 14.4 Å². The molecule has 0 bridgehead atoms. The van der Waals surface area contributed by atoms with Crippen LogP contribution in [0.2, 0.25) is 0 Å². The van der Waals surface area contributed by atoms with E-state index in [4.69, 9.17) is 9.47 Å². The number of benzene rings is 2. The van der Waals surface area contributed by atoms with Crippen molar-refractivity contribution in [1.29, 1.82) is 0 Å². The second kappa shape index (κ2) is 9.51. The number of nitrogens with zero attached hydrogens (tertiary/aromatic N) is 2. The standard InChI is InChI=1S/C23H21F3N2O3/c1-16-3-8-19(9-4-16)30-14-13-28(2)22(29)17-5-10-20(11-6-17)31-21-12-7-18(15-27-21)23(24,25)26/h3-12,15H,13-14H2,1-2H3. The average Bonchev–Trinajstić information content (AvgIpc) is 2.75. The summed E-state index contributed by atoms with van der Waals surface area (Å²) in [5.41, 5.74) is 0.738. The highest BCUT2D eigenvalue weighted by atomic mass is 19.4. The van der Waals surface area contributed by atoms with Gasteiger partial charge in [0.05, 0.1) is 12.1 Å². The van der Waals surface area contributed by atoms with E-state index in [9.17, 15) is 18.0 Å². The first-order chi connectivity index (χ1) is 14.7. The van der Waals surface area contributed by atoms with Gasteiger partial charge in [0.1, 0.15) is 18.1 Å². The third kappa shape index (κ3) is 6.21. The molecule has 1 aromatic heterocycles. The van der Waals surface area contributed by atoms with Gasteiger partial charge in [-0.05, 0) is 49.4 Å². The van der Waals surface area contributed by atoms with Gasteiger partial charge in [0.15, 0.2) is 0 Å². The van der Waals surface area contributed by atoms with E-state index in [2.05, 4.69) is 4.98 Å². The van der Waals surface area contributed by atoms with E-state index >= 15 is 0 Å². The smallest absolute Gasteiger partial charge is 0.417 e. The molecular formula is C23H21F3N2O3. The Morgan fingerprint density at radius 2 is 1.61 bits per heavy atom. The van der Waals surface area contributed by atoms with Crippen LogP contribution in [0.3, 0.4) is 0 Å². The third-order valence-electron chi connectivity index (χ3n) is 4.45. The molecule has 0 spiro atoms. The topological polar surface area (TPSA) is 51.7 Å². The number of alkyl halides is 3. The van der Waals surface area contributed by atoms with Crippen LogP contribution in [0.4, 0.5) is 13.2 Å². The Morgan fingerprint density at radius 1 is 0.968 bits per heavy atom. The van der Waals surface area contributed by atoms with Crippen molar-refractivity contribution in [3.63, 3.8) is 0 Å². The van der Waals surface area contributed by atoms with Gasteiger partial charge in [0.25, 0.3) is 5.91 Å². The predicted molar refractivity (Wildman–Crippen MR) is 109 cm³/mol. The Hall–Kier alpha value is -3.55. The summed E-state index contributed by atoms with van der Waals surface area (Å²) in [5, 5.41) is 0. The van der Waals surface area contributed by atoms with Crippen LogP contribution in [-0.2, 0) is 6.18 Å². The minimum absolute atomic E-state index is 0.0254. The molecule has 31 heavy (non-hydrogen) atoms. The molecule has 0 N–H and O–H groups in total. The number of ether oxygens (including phenoxy) is 2. The molecular weight excluding hydrogens is 409 g/mol. The molecule has 0 aliphatic carbocycles. The van der Waals surface area contributed by atoms with Crippen LogP contribution in [0, 0.1) is 6.92 Å². The van der Waals surface area contributed by atoms with Gasteiger partial charge in [-0.1, -0.05) is 17.7 Å². The second-order valence-corrected chi connectivity index (χ2v) is 6.90. The zero-order valence-corrected chi connectivity index (χ0v) is 17.0. The molecule has 0 radical (unpaired) electrons. The molecule has 8 heteroatoms. The maximum atomic E-state index is 12.6. The van der Waals surface area contributed by atoms with E-state index in [1.54, 1.807) is 36.2 Å². The molecule has 0 atom stereocenters. The molecule has 1 heterocycles. The first-order valence-electron chi connectivity index (χ1n) is 9.48. The molecule has 0 aliphatic heterocycles. The van der Waals surface area contributed by atoms with Crippen LogP contribution in [0.1, 0.15) is 21.5 Å². The Bertz CT molecular complexity index is 1000. The fourth-order valence-electron chi connectivity index (χ4n) is 2.65. The molecule has 3 aromatic rings. The van der Waals surface area contributed by atoms with E-state index in [1.165, 1.54) is 0 Å². The summed E-state index contributed by atoms with van der Waals surface area (Å²) in [4.78, 5) is 17.7. The van der Waals surface area contributed by atoms with Crippen molar-refractivity contribution >= 4 is 5.91 Å². The van der Waals surface area contributed by atoms with Gasteiger partial charge >= 0.3 is 6.18 Å². The first-order valence-corrected chi connectivity index (χ1v) is 9.48. The molecule has 2 aromatic carbocycles. The van der Waals surface area contributed by atoms with E-state index < -0.39 is 11.7 Å². The monoisotopic (exact) mass is 430 g/mol. The highest BCUT2D eigenvalue weighted by molar-refractivity contribution is 5.94. The number of pyridine rings is 1. The van der Waals surface area contributed by atoms with Crippen LogP contribution in [-0.4, -0.2) is 36.0 Å². The fourth-order valence-corrected chi connectivity index (χ4v) is 2.65. The summed E-state index contributed by atoms with van der Waals surface area (Å²) in [6.45, 7) is 2.75. The number of rotatable bonds is 7. The number of carbonyl (C=O) groups is 1. The van der Waals surface area contributed by atoms with E-state index in [0.717, 1.165) is 23.4 Å². The van der Waals surface area contributed by atoms with Crippen molar-refractivity contribution in [2.45, 2.75) is 13.1 Å². The number of aromatic nitrogens is 1. The van der Waals surface area contributed by atoms with E-state index in [1.807, 2.05) is 31.2 Å². The van der Waals surface area contributed by atoms with Crippen molar-refractivity contribution in [3.05, 3.63) is 83.6 Å². The Balaban J connectivity index is 1.52. The third-order valence-corrected chi connectivity index (χ3v) is 4.45. The zero-order chi connectivity index (χ0) is 22.4. The van der Waals surface area contributed by atoms with E-state index in [-0.39, 0.29) is 11.8 Å². The SMILES string of the molecule is Cc1ccc(OCCN(C)C(=O)c2ccc(Oc3ccc(C(F)(F)F)cn3)cc2)cc1. The maximum absolute atomic E-state index is 12.6. The van der Waals surface area contributed by atoms with Gasteiger partial charge in [0.2, 0.25) is 5.88 Å². The molecule has 0 saturated carbocycles. The normalized spacial score (nSPS) is 11.1. The van der Waals surface area contributed by atoms with Crippen molar-refractivity contribution in [3.8, 4) is 17.4 Å². The summed E-state index contributed by atoms with van der Waals surface area (Å²) >= 11 is 0. The predicted octanol–water partition coefficient (Wildman–Crippen LogP) is 5.35. The summed E-state index contributed by atoms with van der Waals surface area (Å²) < 4.78 is 48.8. The van der Waals surface area contributed by atoms with Gasteiger partial charge in [-0.2, -0.15) is 13.2 Å². The molecule has 0 unspecified atom stereocenters. The van der Waals surface area contributed by atoms with Crippen LogP contribution in [0.25, 0.3) is 0 Å². The van der Waals surface area contributed by atoms with E-state index in [0.29, 0.717) is 30.7 Å². The van der Waals surface area contributed by atoms with Crippen molar-refractivity contribution in [2.24, 2.45) is 0 Å². The molecule has 0 saturated heterocycles. The molecule has 0 aliphatic rings. The minimum atomic E-state index is -4.45. The number of hydrogen-bond donors (Lipinski definition) is 0. The summed E-state index contributed by atoms with van der Waals surface area (Å²) in [6, 6.07) is 16.0. The maximum Gasteiger partial charge on any atom is 0.417 e. The number of carbonyl (C=O) groups excluding carboxylic acids is 1. The number of hydrogen-bond acceptors (Lipinski definition) is 4. The summed E-state index contributed by atoms with van der Waals surface area (Å²) in [7, 11) is 1.68. The summed E-state index contributed by atoms with van der Waals surface area (Å²) in [6.07, 6.45) is -3.74. The quantitative estimate of drug-likeness (QED) is 0.507.